The van der Waals surface area contributed by atoms with Crippen molar-refractivity contribution < 1.29 is 23.9 Å². The first-order valence-electron chi connectivity index (χ1n) is 13.9. The number of hydrogen-bond donors (Lipinski definition) is 1. The molecule has 1 aliphatic heterocycles. The van der Waals surface area contributed by atoms with E-state index in [0.717, 1.165) is 28.7 Å². The standard InChI is InChI=1S/C33H37BrN2O5/c1-32(2)14-23-30(25(37)16-32)29(31-24(36(23)5)15-33(3,4)17-26(31)38)22-13-19(34)7-12-27(22)41-18-28(39)35-20-8-10-21(40-6)11-9-20/h7-13,29H,14-18H2,1-6H3,(H,35,39). The molecule has 1 amide bonds. The monoisotopic (exact) mass is 620 g/mol. The number of benzene rings is 2. The maximum atomic E-state index is 13.8. The summed E-state index contributed by atoms with van der Waals surface area (Å²) in [4.78, 5) is 42.6. The van der Waals surface area contributed by atoms with E-state index in [1.165, 1.54) is 0 Å². The van der Waals surface area contributed by atoms with Crippen molar-refractivity contribution >= 4 is 39.1 Å². The highest BCUT2D eigenvalue weighted by molar-refractivity contribution is 9.10. The van der Waals surface area contributed by atoms with Crippen molar-refractivity contribution in [2.75, 3.05) is 26.1 Å². The fourth-order valence-electron chi connectivity index (χ4n) is 6.37. The summed E-state index contributed by atoms with van der Waals surface area (Å²) in [6, 6.07) is 12.6. The summed E-state index contributed by atoms with van der Waals surface area (Å²) in [5.74, 6) is 0.404. The van der Waals surface area contributed by atoms with Crippen molar-refractivity contribution in [2.24, 2.45) is 10.8 Å². The van der Waals surface area contributed by atoms with Crippen LogP contribution in [0.25, 0.3) is 0 Å². The lowest BCUT2D eigenvalue weighted by atomic mass is 9.63. The van der Waals surface area contributed by atoms with Crippen LogP contribution < -0.4 is 14.8 Å². The number of rotatable bonds is 6. The molecule has 216 valence electrons. The zero-order chi connectivity index (χ0) is 29.7. The van der Waals surface area contributed by atoms with Gasteiger partial charge in [0.05, 0.1) is 7.11 Å². The van der Waals surface area contributed by atoms with Crippen LogP contribution in [-0.2, 0) is 14.4 Å². The second kappa shape index (κ2) is 10.8. The van der Waals surface area contributed by atoms with E-state index >= 15 is 0 Å². The minimum atomic E-state index is -0.555. The van der Waals surface area contributed by atoms with Crippen LogP contribution >= 0.6 is 15.9 Å². The number of Topliss-reactive ketones (excluding diaryl/α,β-unsaturated/α-hetero) is 2. The van der Waals surface area contributed by atoms with E-state index in [0.29, 0.717) is 46.7 Å². The summed E-state index contributed by atoms with van der Waals surface area (Å²) in [5, 5.41) is 2.84. The van der Waals surface area contributed by atoms with Gasteiger partial charge in [-0.3, -0.25) is 14.4 Å². The number of ketones is 2. The zero-order valence-electron chi connectivity index (χ0n) is 24.5. The molecule has 0 saturated heterocycles. The van der Waals surface area contributed by atoms with Gasteiger partial charge >= 0.3 is 0 Å². The first kappa shape index (κ1) is 29.1. The predicted molar refractivity (Wildman–Crippen MR) is 162 cm³/mol. The Hall–Kier alpha value is -3.39. The molecular weight excluding hydrogens is 584 g/mol. The van der Waals surface area contributed by atoms with Gasteiger partial charge in [0.25, 0.3) is 5.91 Å². The number of methoxy groups -OCH3 is 1. The van der Waals surface area contributed by atoms with E-state index in [4.69, 9.17) is 9.47 Å². The largest absolute Gasteiger partial charge is 0.497 e. The average Bonchev–Trinajstić information content (AvgIpc) is 2.88. The molecule has 0 atom stereocenters. The highest BCUT2D eigenvalue weighted by atomic mass is 79.9. The van der Waals surface area contributed by atoms with Crippen molar-refractivity contribution in [3.05, 3.63) is 75.0 Å². The van der Waals surface area contributed by atoms with Crippen molar-refractivity contribution in [1.82, 2.24) is 4.90 Å². The molecular formula is C33H37BrN2O5. The summed E-state index contributed by atoms with van der Waals surface area (Å²) in [6.45, 7) is 8.24. The Morgan fingerprint density at radius 2 is 1.49 bits per heavy atom. The maximum Gasteiger partial charge on any atom is 0.262 e. The lowest BCUT2D eigenvalue weighted by Gasteiger charge is -2.48. The van der Waals surface area contributed by atoms with Gasteiger partial charge in [0.2, 0.25) is 0 Å². The third-order valence-electron chi connectivity index (χ3n) is 8.20. The first-order chi connectivity index (χ1) is 19.3. The van der Waals surface area contributed by atoms with Gasteiger partial charge in [0, 0.05) is 64.1 Å². The van der Waals surface area contributed by atoms with Crippen LogP contribution in [0.2, 0.25) is 0 Å². The normalized spacial score (nSPS) is 20.0. The zero-order valence-corrected chi connectivity index (χ0v) is 26.1. The van der Waals surface area contributed by atoms with Crippen molar-refractivity contribution in [2.45, 2.75) is 59.3 Å². The Bertz CT molecular complexity index is 1430. The van der Waals surface area contributed by atoms with Crippen LogP contribution in [0.4, 0.5) is 5.69 Å². The van der Waals surface area contributed by atoms with Crippen LogP contribution in [0, 0.1) is 10.8 Å². The molecule has 41 heavy (non-hydrogen) atoms. The van der Waals surface area contributed by atoms with Crippen LogP contribution in [0.1, 0.15) is 64.9 Å². The average molecular weight is 622 g/mol. The van der Waals surface area contributed by atoms with Gasteiger partial charge in [-0.25, -0.2) is 0 Å². The minimum Gasteiger partial charge on any atom is -0.497 e. The summed E-state index contributed by atoms with van der Waals surface area (Å²) in [5.41, 5.74) is 4.27. The van der Waals surface area contributed by atoms with E-state index in [1.807, 2.05) is 19.2 Å². The molecule has 0 unspecified atom stereocenters. The van der Waals surface area contributed by atoms with Crippen molar-refractivity contribution in [3.8, 4) is 11.5 Å². The van der Waals surface area contributed by atoms with Gasteiger partial charge in [0.15, 0.2) is 18.2 Å². The molecule has 8 heteroatoms. The number of amides is 1. The first-order valence-corrected chi connectivity index (χ1v) is 14.7. The molecule has 2 aromatic carbocycles. The van der Waals surface area contributed by atoms with Gasteiger partial charge in [-0.05, 0) is 66.1 Å². The molecule has 7 nitrogen and oxygen atoms in total. The third-order valence-corrected chi connectivity index (χ3v) is 8.69. The molecule has 5 rings (SSSR count). The quantitative estimate of drug-likeness (QED) is 0.383. The van der Waals surface area contributed by atoms with Crippen LogP contribution in [0.5, 0.6) is 11.5 Å². The number of carbonyl (C=O) groups excluding carboxylic acids is 3. The fraction of sp³-hybridized carbons (Fsp3) is 0.424. The van der Waals surface area contributed by atoms with E-state index in [-0.39, 0.29) is 34.9 Å². The summed E-state index contributed by atoms with van der Waals surface area (Å²) in [6.07, 6.45) is 2.29. The molecule has 0 radical (unpaired) electrons. The second-order valence-corrected chi connectivity index (χ2v) is 13.8. The Morgan fingerprint density at radius 3 is 2.02 bits per heavy atom. The molecule has 2 aromatic rings. The fourth-order valence-corrected chi connectivity index (χ4v) is 6.75. The van der Waals surface area contributed by atoms with E-state index in [2.05, 4.69) is 53.8 Å². The summed E-state index contributed by atoms with van der Waals surface area (Å²) in [7, 11) is 3.58. The number of halogens is 1. The Labute approximate surface area is 250 Å². The second-order valence-electron chi connectivity index (χ2n) is 12.8. The molecule has 0 bridgehead atoms. The highest BCUT2D eigenvalue weighted by Gasteiger charge is 2.48. The molecule has 0 fully saturated rings. The highest BCUT2D eigenvalue weighted by Crippen LogP contribution is 2.55. The van der Waals surface area contributed by atoms with Crippen molar-refractivity contribution in [1.29, 1.82) is 0 Å². The lowest BCUT2D eigenvalue weighted by Crippen LogP contribution is -2.43. The maximum absolute atomic E-state index is 13.8. The third kappa shape index (κ3) is 5.85. The van der Waals surface area contributed by atoms with E-state index < -0.39 is 5.92 Å². The molecule has 2 aliphatic carbocycles. The van der Waals surface area contributed by atoms with Crippen LogP contribution in [0.3, 0.4) is 0 Å². The predicted octanol–water partition coefficient (Wildman–Crippen LogP) is 6.79. The molecule has 0 saturated carbocycles. The number of anilines is 1. The van der Waals surface area contributed by atoms with E-state index in [1.54, 1.807) is 37.4 Å². The molecule has 1 N–H and O–H groups in total. The molecule has 0 spiro atoms. The van der Waals surface area contributed by atoms with Crippen molar-refractivity contribution in [3.63, 3.8) is 0 Å². The number of ether oxygens (including phenoxy) is 2. The number of allylic oxidation sites excluding steroid dienone is 4. The smallest absolute Gasteiger partial charge is 0.262 e. The minimum absolute atomic E-state index is 0.0560. The Balaban J connectivity index is 1.54. The topological polar surface area (TPSA) is 84.9 Å². The molecule has 3 aliphatic rings. The van der Waals surface area contributed by atoms with Gasteiger partial charge < -0.3 is 19.7 Å². The van der Waals surface area contributed by atoms with Gasteiger partial charge in [-0.15, -0.1) is 0 Å². The summed E-state index contributed by atoms with van der Waals surface area (Å²) < 4.78 is 12.1. The van der Waals surface area contributed by atoms with Gasteiger partial charge in [-0.1, -0.05) is 43.6 Å². The van der Waals surface area contributed by atoms with Crippen LogP contribution in [-0.4, -0.2) is 43.1 Å². The Morgan fingerprint density at radius 1 is 0.927 bits per heavy atom. The molecule has 0 aromatic heterocycles. The number of nitrogens with one attached hydrogen (secondary N) is 1. The SMILES string of the molecule is COc1ccc(NC(=O)COc2ccc(Br)cc2C2C3=C(CC(C)(C)CC3=O)N(C)C3=C2C(=O)CC(C)(C)C3)cc1. The van der Waals surface area contributed by atoms with Crippen LogP contribution in [0.15, 0.2) is 69.5 Å². The number of nitrogens with zero attached hydrogens (tertiary/aromatic N) is 1. The number of carbonyl (C=O) groups is 3. The summed E-state index contributed by atoms with van der Waals surface area (Å²) >= 11 is 3.60. The molecule has 1 heterocycles. The van der Waals surface area contributed by atoms with Gasteiger partial charge in [-0.2, -0.15) is 0 Å². The Kier molecular flexibility index (Phi) is 7.66. The van der Waals surface area contributed by atoms with E-state index in [9.17, 15) is 14.4 Å². The number of hydrogen-bond acceptors (Lipinski definition) is 6. The lowest BCUT2D eigenvalue weighted by molar-refractivity contribution is -0.120. The van der Waals surface area contributed by atoms with Gasteiger partial charge in [0.1, 0.15) is 11.5 Å².